The number of hydrogen-bond acceptors (Lipinski definition) is 5. The zero-order valence-corrected chi connectivity index (χ0v) is 18.6. The molecule has 1 atom stereocenters. The zero-order valence-electron chi connectivity index (χ0n) is 18.6. The number of fused-ring (bicyclic) bond motifs is 1. The normalized spacial score (nSPS) is 16.3. The Morgan fingerprint density at radius 3 is 2.26 bits per heavy atom. The molecular weight excluding hydrogens is 392 g/mol. The Morgan fingerprint density at radius 2 is 1.58 bits per heavy atom. The minimum absolute atomic E-state index is 0.126. The first-order valence-corrected chi connectivity index (χ1v) is 10.5. The van der Waals surface area contributed by atoms with Gasteiger partial charge in [0.2, 0.25) is 5.75 Å². The summed E-state index contributed by atoms with van der Waals surface area (Å²) in [7, 11) is 6.65. The second-order valence-corrected chi connectivity index (χ2v) is 7.62. The van der Waals surface area contributed by atoms with Gasteiger partial charge in [0.1, 0.15) is 5.75 Å². The number of aryl methyl sites for hydroxylation is 1. The maximum absolute atomic E-state index is 5.75. The van der Waals surface area contributed by atoms with E-state index in [0.29, 0.717) is 11.5 Å². The molecule has 1 aliphatic rings. The molecule has 2 heterocycles. The minimum atomic E-state index is 0.126. The monoisotopic (exact) mass is 422 g/mol. The van der Waals surface area contributed by atoms with Crippen LogP contribution in [0.15, 0.2) is 54.7 Å². The third-order valence-electron chi connectivity index (χ3n) is 5.94. The van der Waals surface area contributed by atoms with Gasteiger partial charge in [-0.25, -0.2) is 0 Å². The summed E-state index contributed by atoms with van der Waals surface area (Å²) < 4.78 is 24.6. The number of ether oxygens (including phenoxy) is 4. The van der Waals surface area contributed by atoms with Gasteiger partial charge in [-0.15, -0.1) is 0 Å². The van der Waals surface area contributed by atoms with Gasteiger partial charge < -0.3 is 23.5 Å². The van der Waals surface area contributed by atoms with E-state index < -0.39 is 0 Å². The molecule has 0 N–H and O–H groups in total. The van der Waals surface area contributed by atoms with E-state index in [1.54, 1.807) is 28.4 Å². The van der Waals surface area contributed by atoms with Crippen molar-refractivity contribution >= 4 is 0 Å². The molecular formula is C25H30N2O4. The van der Waals surface area contributed by atoms with E-state index >= 15 is 0 Å². The molecule has 0 fully saturated rings. The molecule has 31 heavy (non-hydrogen) atoms. The molecule has 0 amide bonds. The van der Waals surface area contributed by atoms with Crippen LogP contribution in [-0.4, -0.2) is 44.5 Å². The summed E-state index contributed by atoms with van der Waals surface area (Å²) in [5, 5.41) is 0. The van der Waals surface area contributed by atoms with Gasteiger partial charge in [0.25, 0.3) is 0 Å². The predicted octanol–water partition coefficient (Wildman–Crippen LogP) is 4.52. The van der Waals surface area contributed by atoms with Gasteiger partial charge in [0.15, 0.2) is 11.5 Å². The standard InChI is InChI=1S/C25H30N2O4/c1-28-20-11-8-18(9-12-20)23-21-7-5-14-26(21)15-6-16-27(23)17-19-10-13-22(29-2)25(31-4)24(19)30-3/h5,7-14,23H,6,15-17H2,1-4H3/t23-/m1/s1. The highest BCUT2D eigenvalue weighted by molar-refractivity contribution is 5.55. The summed E-state index contributed by atoms with van der Waals surface area (Å²) in [6.07, 6.45) is 3.25. The van der Waals surface area contributed by atoms with Crippen LogP contribution in [0, 0.1) is 0 Å². The van der Waals surface area contributed by atoms with Crippen LogP contribution < -0.4 is 18.9 Å². The van der Waals surface area contributed by atoms with Crippen molar-refractivity contribution in [2.75, 3.05) is 35.0 Å². The van der Waals surface area contributed by atoms with Gasteiger partial charge in [0, 0.05) is 37.1 Å². The van der Waals surface area contributed by atoms with Crippen LogP contribution in [0.4, 0.5) is 0 Å². The highest BCUT2D eigenvalue weighted by Crippen LogP contribution is 2.42. The van der Waals surface area contributed by atoms with Crippen LogP contribution in [0.25, 0.3) is 0 Å². The molecule has 3 aromatic rings. The van der Waals surface area contributed by atoms with Crippen molar-refractivity contribution in [3.63, 3.8) is 0 Å². The largest absolute Gasteiger partial charge is 0.497 e. The summed E-state index contributed by atoms with van der Waals surface area (Å²) in [4.78, 5) is 2.50. The first kappa shape index (κ1) is 21.1. The molecule has 2 aromatic carbocycles. The van der Waals surface area contributed by atoms with Gasteiger partial charge in [0.05, 0.1) is 34.5 Å². The van der Waals surface area contributed by atoms with Gasteiger partial charge in [-0.1, -0.05) is 18.2 Å². The van der Waals surface area contributed by atoms with E-state index in [1.807, 2.05) is 18.2 Å². The lowest BCUT2D eigenvalue weighted by Gasteiger charge is -2.31. The summed E-state index contributed by atoms with van der Waals surface area (Å²) in [6, 6.07) is 16.9. The van der Waals surface area contributed by atoms with E-state index in [0.717, 1.165) is 43.1 Å². The van der Waals surface area contributed by atoms with Crippen LogP contribution in [0.1, 0.15) is 29.3 Å². The smallest absolute Gasteiger partial charge is 0.203 e. The van der Waals surface area contributed by atoms with E-state index in [4.69, 9.17) is 18.9 Å². The van der Waals surface area contributed by atoms with Crippen molar-refractivity contribution in [1.29, 1.82) is 0 Å². The van der Waals surface area contributed by atoms with Crippen LogP contribution in [0.2, 0.25) is 0 Å². The molecule has 6 nitrogen and oxygen atoms in total. The molecule has 0 unspecified atom stereocenters. The molecule has 4 rings (SSSR count). The van der Waals surface area contributed by atoms with Crippen molar-refractivity contribution < 1.29 is 18.9 Å². The average Bonchev–Trinajstić information content (AvgIpc) is 3.20. The van der Waals surface area contributed by atoms with Crippen LogP contribution in [-0.2, 0) is 13.1 Å². The molecule has 0 spiro atoms. The summed E-state index contributed by atoms with van der Waals surface area (Å²) >= 11 is 0. The molecule has 6 heteroatoms. The third kappa shape index (κ3) is 4.08. The van der Waals surface area contributed by atoms with Gasteiger partial charge in [-0.05, 0) is 42.3 Å². The summed E-state index contributed by atoms with van der Waals surface area (Å²) in [5.41, 5.74) is 3.60. The average molecular weight is 423 g/mol. The lowest BCUT2D eigenvalue weighted by atomic mass is 10.0. The molecule has 1 aromatic heterocycles. The van der Waals surface area contributed by atoms with Crippen LogP contribution in [0.3, 0.4) is 0 Å². The summed E-state index contributed by atoms with van der Waals surface area (Å²) in [5.74, 6) is 2.87. The Morgan fingerprint density at radius 1 is 0.806 bits per heavy atom. The number of aromatic nitrogens is 1. The first-order chi connectivity index (χ1) is 15.2. The highest BCUT2D eigenvalue weighted by Gasteiger charge is 2.29. The molecule has 0 bridgehead atoms. The van der Waals surface area contributed by atoms with E-state index in [-0.39, 0.29) is 6.04 Å². The van der Waals surface area contributed by atoms with Crippen molar-refractivity contribution in [3.8, 4) is 23.0 Å². The van der Waals surface area contributed by atoms with Crippen molar-refractivity contribution in [1.82, 2.24) is 9.47 Å². The molecule has 0 aliphatic carbocycles. The Hall–Kier alpha value is -3.12. The maximum Gasteiger partial charge on any atom is 0.203 e. The van der Waals surface area contributed by atoms with Crippen molar-refractivity contribution in [3.05, 3.63) is 71.5 Å². The fraction of sp³-hybridized carbons (Fsp3) is 0.360. The van der Waals surface area contributed by atoms with Gasteiger partial charge in [-0.3, -0.25) is 4.90 Å². The number of rotatable bonds is 7. The van der Waals surface area contributed by atoms with Crippen molar-refractivity contribution in [2.24, 2.45) is 0 Å². The molecule has 0 saturated heterocycles. The molecule has 0 radical (unpaired) electrons. The topological polar surface area (TPSA) is 45.1 Å². The number of hydrogen-bond donors (Lipinski definition) is 0. The second-order valence-electron chi connectivity index (χ2n) is 7.62. The SMILES string of the molecule is COc1ccc([C@@H]2c3cccn3CCCN2Cc2ccc(OC)c(OC)c2OC)cc1. The number of methoxy groups -OCH3 is 4. The van der Waals surface area contributed by atoms with E-state index in [2.05, 4.69) is 46.0 Å². The van der Waals surface area contributed by atoms with Gasteiger partial charge in [-0.2, -0.15) is 0 Å². The maximum atomic E-state index is 5.75. The quantitative estimate of drug-likeness (QED) is 0.560. The lowest BCUT2D eigenvalue weighted by molar-refractivity contribution is 0.216. The number of nitrogens with zero attached hydrogens (tertiary/aromatic N) is 2. The predicted molar refractivity (Wildman–Crippen MR) is 120 cm³/mol. The zero-order chi connectivity index (χ0) is 21.8. The summed E-state index contributed by atoms with van der Waals surface area (Å²) in [6.45, 7) is 2.70. The van der Waals surface area contributed by atoms with E-state index in [9.17, 15) is 0 Å². The molecule has 1 aliphatic heterocycles. The first-order valence-electron chi connectivity index (χ1n) is 10.5. The lowest BCUT2D eigenvalue weighted by Crippen LogP contribution is -2.29. The Balaban J connectivity index is 1.75. The molecule has 164 valence electrons. The van der Waals surface area contributed by atoms with E-state index in [1.165, 1.54) is 11.3 Å². The third-order valence-corrected chi connectivity index (χ3v) is 5.94. The van der Waals surface area contributed by atoms with Crippen LogP contribution in [0.5, 0.6) is 23.0 Å². The fourth-order valence-electron chi connectivity index (χ4n) is 4.48. The van der Waals surface area contributed by atoms with Crippen LogP contribution >= 0.6 is 0 Å². The highest BCUT2D eigenvalue weighted by atomic mass is 16.5. The number of benzene rings is 2. The fourth-order valence-corrected chi connectivity index (χ4v) is 4.48. The second kappa shape index (κ2) is 9.35. The Bertz CT molecular complexity index is 1010. The van der Waals surface area contributed by atoms with Gasteiger partial charge >= 0.3 is 0 Å². The molecule has 0 saturated carbocycles. The Kier molecular flexibility index (Phi) is 6.37. The Labute approximate surface area is 183 Å². The van der Waals surface area contributed by atoms with Crippen molar-refractivity contribution in [2.45, 2.75) is 25.6 Å². The minimum Gasteiger partial charge on any atom is -0.497 e.